The fourth-order valence-corrected chi connectivity index (χ4v) is 0.973. The van der Waals surface area contributed by atoms with E-state index < -0.39 is 12.1 Å². The zero-order chi connectivity index (χ0) is 14.7. The maximum atomic E-state index is 11.2. The Morgan fingerprint density at radius 3 is 2.47 bits per heavy atom. The average Bonchev–Trinajstić information content (AvgIpc) is 2.38. The van der Waals surface area contributed by atoms with Crippen molar-refractivity contribution in [2.24, 2.45) is 0 Å². The average molecular weight is 273 g/mol. The molecule has 0 rings (SSSR count). The minimum absolute atomic E-state index is 0.0875. The van der Waals surface area contributed by atoms with Crippen molar-refractivity contribution in [2.75, 3.05) is 26.4 Å². The molecule has 0 bridgehead atoms. The minimum Gasteiger partial charge on any atom is -0.460 e. The lowest BCUT2D eigenvalue weighted by Crippen LogP contribution is -2.29. The number of amides is 1. The highest BCUT2D eigenvalue weighted by Gasteiger charge is 2.05. The lowest BCUT2D eigenvalue weighted by Gasteiger charge is -2.11. The molecule has 0 fully saturated rings. The Morgan fingerprint density at radius 2 is 1.89 bits per heavy atom. The maximum absolute atomic E-state index is 11.2. The van der Waals surface area contributed by atoms with Crippen LogP contribution in [0.4, 0.5) is 4.79 Å². The van der Waals surface area contributed by atoms with E-state index in [2.05, 4.69) is 11.9 Å². The van der Waals surface area contributed by atoms with Crippen LogP contribution in [0.1, 0.15) is 27.2 Å². The van der Waals surface area contributed by atoms with Crippen molar-refractivity contribution < 1.29 is 23.8 Å². The van der Waals surface area contributed by atoms with Gasteiger partial charge in [-0.25, -0.2) is 9.59 Å². The van der Waals surface area contributed by atoms with E-state index in [1.54, 1.807) is 6.92 Å². The van der Waals surface area contributed by atoms with E-state index in [1.165, 1.54) is 0 Å². The summed E-state index contributed by atoms with van der Waals surface area (Å²) in [6.45, 7) is 9.82. The third-order valence-corrected chi connectivity index (χ3v) is 2.25. The molecule has 0 saturated heterocycles. The van der Waals surface area contributed by atoms with Crippen molar-refractivity contribution >= 4 is 12.1 Å². The van der Waals surface area contributed by atoms with E-state index in [0.29, 0.717) is 12.2 Å². The summed E-state index contributed by atoms with van der Waals surface area (Å²) in [6.07, 6.45) is 0.521. The summed E-state index contributed by atoms with van der Waals surface area (Å²) < 4.78 is 15.0. The topological polar surface area (TPSA) is 73.9 Å². The Bertz CT molecular complexity index is 303. The van der Waals surface area contributed by atoms with Gasteiger partial charge < -0.3 is 19.5 Å². The Kier molecular flexibility index (Phi) is 9.52. The van der Waals surface area contributed by atoms with Gasteiger partial charge in [0.05, 0.1) is 19.3 Å². The lowest BCUT2D eigenvalue weighted by atomic mass is 10.3. The molecule has 0 radical (unpaired) electrons. The van der Waals surface area contributed by atoms with E-state index >= 15 is 0 Å². The van der Waals surface area contributed by atoms with Crippen LogP contribution < -0.4 is 5.32 Å². The Balaban J connectivity index is 3.45. The van der Waals surface area contributed by atoms with Gasteiger partial charge in [0.1, 0.15) is 13.2 Å². The Labute approximate surface area is 114 Å². The summed E-state index contributed by atoms with van der Waals surface area (Å²) in [5, 5.41) is 2.46. The fraction of sp³-hybridized carbons (Fsp3) is 0.692. The highest BCUT2D eigenvalue weighted by molar-refractivity contribution is 5.86. The van der Waals surface area contributed by atoms with Crippen LogP contribution in [-0.2, 0) is 19.0 Å². The molecule has 19 heavy (non-hydrogen) atoms. The second-order valence-corrected chi connectivity index (χ2v) is 4.07. The number of carbonyl (C=O) groups excluding carboxylic acids is 2. The van der Waals surface area contributed by atoms with Gasteiger partial charge >= 0.3 is 12.1 Å². The number of hydrogen-bond donors (Lipinski definition) is 1. The van der Waals surface area contributed by atoms with Gasteiger partial charge in [0.25, 0.3) is 0 Å². The van der Waals surface area contributed by atoms with Gasteiger partial charge in [0.2, 0.25) is 0 Å². The normalized spacial score (nSPS) is 11.5. The molecule has 0 aliphatic carbocycles. The van der Waals surface area contributed by atoms with Crippen LogP contribution in [0.15, 0.2) is 12.2 Å². The van der Waals surface area contributed by atoms with Crippen molar-refractivity contribution in [1.82, 2.24) is 5.32 Å². The van der Waals surface area contributed by atoms with Crippen molar-refractivity contribution in [3.63, 3.8) is 0 Å². The SMILES string of the molecule is C=C(C)C(=O)OCCNC(=O)OCCOC(C)CC. The van der Waals surface area contributed by atoms with Crippen LogP contribution in [0.3, 0.4) is 0 Å². The minimum atomic E-state index is -0.556. The molecular formula is C13H23NO5. The second-order valence-electron chi connectivity index (χ2n) is 4.07. The summed E-state index contributed by atoms with van der Waals surface area (Å²) in [5.41, 5.74) is 0.324. The first-order valence-electron chi connectivity index (χ1n) is 6.32. The molecule has 6 nitrogen and oxygen atoms in total. The standard InChI is InChI=1S/C13H23NO5/c1-5-11(4)17-8-9-19-13(16)14-6-7-18-12(15)10(2)3/h11H,2,5-9H2,1,3-4H3,(H,14,16). The van der Waals surface area contributed by atoms with Gasteiger partial charge in [-0.1, -0.05) is 13.5 Å². The molecular weight excluding hydrogens is 250 g/mol. The monoisotopic (exact) mass is 273 g/mol. The van der Waals surface area contributed by atoms with Crippen LogP contribution in [-0.4, -0.2) is 44.5 Å². The number of carbonyl (C=O) groups is 2. The molecule has 1 unspecified atom stereocenters. The first-order valence-corrected chi connectivity index (χ1v) is 6.32. The lowest BCUT2D eigenvalue weighted by molar-refractivity contribution is -0.138. The maximum Gasteiger partial charge on any atom is 0.407 e. The molecule has 1 atom stereocenters. The molecule has 1 amide bonds. The molecule has 0 saturated carbocycles. The largest absolute Gasteiger partial charge is 0.460 e. The summed E-state index contributed by atoms with van der Waals surface area (Å²) >= 11 is 0. The van der Waals surface area contributed by atoms with Crippen molar-refractivity contribution in [3.8, 4) is 0 Å². The van der Waals surface area contributed by atoms with Crippen molar-refractivity contribution in [2.45, 2.75) is 33.3 Å². The summed E-state index contributed by atoms with van der Waals surface area (Å²) in [7, 11) is 0. The second kappa shape index (κ2) is 10.4. The van der Waals surface area contributed by atoms with Gasteiger partial charge in [-0.15, -0.1) is 0 Å². The first kappa shape index (κ1) is 17.4. The third-order valence-electron chi connectivity index (χ3n) is 2.25. The number of rotatable bonds is 9. The van der Waals surface area contributed by atoms with E-state index in [1.807, 2.05) is 13.8 Å². The molecule has 0 aromatic heterocycles. The predicted molar refractivity (Wildman–Crippen MR) is 70.8 cm³/mol. The molecule has 0 aromatic carbocycles. The molecule has 110 valence electrons. The number of alkyl carbamates (subject to hydrolysis) is 1. The Hall–Kier alpha value is -1.56. The summed E-state index contributed by atoms with van der Waals surface area (Å²) in [6, 6.07) is 0. The van der Waals surface area contributed by atoms with E-state index in [9.17, 15) is 9.59 Å². The smallest absolute Gasteiger partial charge is 0.407 e. The van der Waals surface area contributed by atoms with Crippen LogP contribution in [0.5, 0.6) is 0 Å². The van der Waals surface area contributed by atoms with Crippen LogP contribution in [0.2, 0.25) is 0 Å². The van der Waals surface area contributed by atoms with Gasteiger partial charge in [0, 0.05) is 5.57 Å². The van der Waals surface area contributed by atoms with Crippen molar-refractivity contribution in [1.29, 1.82) is 0 Å². The molecule has 0 aromatic rings. The molecule has 0 heterocycles. The Morgan fingerprint density at radius 1 is 1.21 bits per heavy atom. The molecule has 0 spiro atoms. The van der Waals surface area contributed by atoms with Gasteiger partial charge in [-0.2, -0.15) is 0 Å². The number of ether oxygens (including phenoxy) is 3. The third kappa shape index (κ3) is 10.1. The molecule has 1 N–H and O–H groups in total. The molecule has 6 heteroatoms. The number of esters is 1. The van der Waals surface area contributed by atoms with Crippen LogP contribution in [0.25, 0.3) is 0 Å². The summed E-state index contributed by atoms with van der Waals surface area (Å²) in [4.78, 5) is 22.2. The highest BCUT2D eigenvalue weighted by atomic mass is 16.6. The predicted octanol–water partition coefficient (Wildman–Crippen LogP) is 1.65. The summed E-state index contributed by atoms with van der Waals surface area (Å²) in [5.74, 6) is -0.475. The van der Waals surface area contributed by atoms with E-state index in [-0.39, 0.29) is 25.9 Å². The molecule has 0 aliphatic rings. The van der Waals surface area contributed by atoms with Gasteiger partial charge in [-0.05, 0) is 20.3 Å². The quantitative estimate of drug-likeness (QED) is 0.393. The first-order chi connectivity index (χ1) is 8.97. The van der Waals surface area contributed by atoms with Crippen LogP contribution in [0, 0.1) is 0 Å². The van der Waals surface area contributed by atoms with Crippen molar-refractivity contribution in [3.05, 3.63) is 12.2 Å². The van der Waals surface area contributed by atoms with Gasteiger partial charge in [-0.3, -0.25) is 0 Å². The van der Waals surface area contributed by atoms with E-state index in [0.717, 1.165) is 6.42 Å². The van der Waals surface area contributed by atoms with E-state index in [4.69, 9.17) is 14.2 Å². The number of hydrogen-bond acceptors (Lipinski definition) is 5. The number of nitrogens with one attached hydrogen (secondary N) is 1. The van der Waals surface area contributed by atoms with Crippen LogP contribution >= 0.6 is 0 Å². The highest BCUT2D eigenvalue weighted by Crippen LogP contribution is 1.95. The fourth-order valence-electron chi connectivity index (χ4n) is 0.973. The van der Waals surface area contributed by atoms with Gasteiger partial charge in [0.15, 0.2) is 0 Å². The zero-order valence-corrected chi connectivity index (χ0v) is 11.9. The molecule has 0 aliphatic heterocycles. The zero-order valence-electron chi connectivity index (χ0n) is 11.9.